The van der Waals surface area contributed by atoms with Crippen LogP contribution >= 0.6 is 0 Å². The molecule has 2 fully saturated rings. The van der Waals surface area contributed by atoms with Crippen LogP contribution in [-0.4, -0.2) is 58.9 Å². The fraction of sp³-hybridized carbons (Fsp3) is 0.409. The Kier molecular flexibility index (Phi) is 5.22. The van der Waals surface area contributed by atoms with Crippen LogP contribution < -0.4 is 5.32 Å². The van der Waals surface area contributed by atoms with Gasteiger partial charge in [0.25, 0.3) is 5.91 Å². The van der Waals surface area contributed by atoms with E-state index in [2.05, 4.69) is 10.3 Å². The standard InChI is InChI=1S/C22H25FN4O2/c1-26(2)22(29)27-18-7-8-19(27)12-17(11-18)25-21(28)15-6-9-20(24-13-15)14-4-3-5-16(23)10-14/h3-6,9-10,13,17-19H,7-8,11-12H2,1-2H3,(H,25,28)/t17-,18-,19+. The number of pyridine rings is 1. The maximum atomic E-state index is 13.4. The van der Waals surface area contributed by atoms with Gasteiger partial charge >= 0.3 is 6.03 Å². The van der Waals surface area contributed by atoms with Gasteiger partial charge in [0.2, 0.25) is 0 Å². The van der Waals surface area contributed by atoms with Gasteiger partial charge in [0.05, 0.1) is 11.3 Å². The number of urea groups is 1. The van der Waals surface area contributed by atoms with Crippen molar-refractivity contribution in [1.29, 1.82) is 0 Å². The molecule has 29 heavy (non-hydrogen) atoms. The summed E-state index contributed by atoms with van der Waals surface area (Å²) in [6.07, 6.45) is 5.04. The minimum Gasteiger partial charge on any atom is -0.349 e. The van der Waals surface area contributed by atoms with E-state index in [0.717, 1.165) is 25.7 Å². The molecule has 3 heterocycles. The lowest BCUT2D eigenvalue weighted by Crippen LogP contribution is -2.54. The number of nitrogens with zero attached hydrogens (tertiary/aromatic N) is 3. The van der Waals surface area contributed by atoms with Gasteiger partial charge < -0.3 is 15.1 Å². The summed E-state index contributed by atoms with van der Waals surface area (Å²) in [6, 6.07) is 10.1. The van der Waals surface area contributed by atoms with Gasteiger partial charge in [-0.15, -0.1) is 0 Å². The molecule has 4 rings (SSSR count). The number of benzene rings is 1. The number of rotatable bonds is 3. The SMILES string of the molecule is CN(C)C(=O)N1[C@@H]2CC[C@H]1C[C@H](NC(=O)c1ccc(-c3cccc(F)c3)nc1)C2. The maximum Gasteiger partial charge on any atom is 0.319 e. The molecule has 1 aromatic carbocycles. The largest absolute Gasteiger partial charge is 0.349 e. The number of halogens is 1. The van der Waals surface area contributed by atoms with Crippen LogP contribution in [0.1, 0.15) is 36.0 Å². The van der Waals surface area contributed by atoms with E-state index in [1.54, 1.807) is 43.3 Å². The highest BCUT2D eigenvalue weighted by Gasteiger charge is 2.44. The Labute approximate surface area is 169 Å². The summed E-state index contributed by atoms with van der Waals surface area (Å²) >= 11 is 0. The van der Waals surface area contributed by atoms with Gasteiger partial charge in [-0.05, 0) is 49.9 Å². The molecule has 2 bridgehead atoms. The van der Waals surface area contributed by atoms with E-state index in [1.807, 2.05) is 4.90 Å². The third-order valence-electron chi connectivity index (χ3n) is 5.82. The molecular weight excluding hydrogens is 371 g/mol. The monoisotopic (exact) mass is 396 g/mol. The zero-order chi connectivity index (χ0) is 20.5. The highest BCUT2D eigenvalue weighted by atomic mass is 19.1. The molecule has 2 aliphatic heterocycles. The first kappa shape index (κ1) is 19.4. The van der Waals surface area contributed by atoms with E-state index in [-0.39, 0.29) is 35.9 Å². The van der Waals surface area contributed by atoms with E-state index in [4.69, 9.17) is 0 Å². The molecule has 0 radical (unpaired) electrons. The minimum atomic E-state index is -0.320. The Balaban J connectivity index is 1.40. The van der Waals surface area contributed by atoms with Gasteiger partial charge in [-0.1, -0.05) is 12.1 Å². The fourth-order valence-electron chi connectivity index (χ4n) is 4.45. The van der Waals surface area contributed by atoms with Crippen LogP contribution in [0.25, 0.3) is 11.3 Å². The first-order valence-electron chi connectivity index (χ1n) is 9.95. The van der Waals surface area contributed by atoms with E-state index >= 15 is 0 Å². The average molecular weight is 396 g/mol. The smallest absolute Gasteiger partial charge is 0.319 e. The Morgan fingerprint density at radius 1 is 1.14 bits per heavy atom. The zero-order valence-corrected chi connectivity index (χ0v) is 16.6. The molecule has 0 saturated carbocycles. The second-order valence-electron chi connectivity index (χ2n) is 8.05. The summed E-state index contributed by atoms with van der Waals surface area (Å²) in [5, 5.41) is 3.10. The predicted octanol–water partition coefficient (Wildman–Crippen LogP) is 3.29. The van der Waals surface area contributed by atoms with Crippen molar-refractivity contribution in [2.75, 3.05) is 14.1 Å². The molecule has 0 spiro atoms. The normalized spacial score (nSPS) is 23.0. The number of piperidine rings is 1. The van der Waals surface area contributed by atoms with Crippen molar-refractivity contribution in [1.82, 2.24) is 20.1 Å². The number of carbonyl (C=O) groups is 2. The summed E-state index contributed by atoms with van der Waals surface area (Å²) in [6.45, 7) is 0. The van der Waals surface area contributed by atoms with Crippen molar-refractivity contribution in [3.63, 3.8) is 0 Å². The molecule has 6 nitrogen and oxygen atoms in total. The number of nitrogens with one attached hydrogen (secondary N) is 1. The Bertz CT molecular complexity index is 901. The lowest BCUT2D eigenvalue weighted by molar-refractivity contribution is 0.0863. The van der Waals surface area contributed by atoms with E-state index in [9.17, 15) is 14.0 Å². The van der Waals surface area contributed by atoms with Crippen molar-refractivity contribution >= 4 is 11.9 Å². The molecule has 0 unspecified atom stereocenters. The topological polar surface area (TPSA) is 65.5 Å². The predicted molar refractivity (Wildman–Crippen MR) is 108 cm³/mol. The molecule has 7 heteroatoms. The molecule has 2 saturated heterocycles. The Morgan fingerprint density at radius 3 is 2.45 bits per heavy atom. The number of hydrogen-bond acceptors (Lipinski definition) is 3. The summed E-state index contributed by atoms with van der Waals surface area (Å²) < 4.78 is 13.4. The van der Waals surface area contributed by atoms with Crippen molar-refractivity contribution in [3.05, 3.63) is 54.0 Å². The third-order valence-corrected chi connectivity index (χ3v) is 5.82. The van der Waals surface area contributed by atoms with Crippen molar-refractivity contribution in [2.24, 2.45) is 0 Å². The number of carbonyl (C=O) groups excluding carboxylic acids is 2. The zero-order valence-electron chi connectivity index (χ0n) is 16.6. The quantitative estimate of drug-likeness (QED) is 0.866. The molecular formula is C22H25FN4O2. The second-order valence-corrected chi connectivity index (χ2v) is 8.05. The van der Waals surface area contributed by atoms with E-state index in [1.165, 1.54) is 18.3 Å². The van der Waals surface area contributed by atoms with Crippen molar-refractivity contribution in [3.8, 4) is 11.3 Å². The van der Waals surface area contributed by atoms with Crippen LogP contribution in [0.15, 0.2) is 42.6 Å². The summed E-state index contributed by atoms with van der Waals surface area (Å²) in [5.74, 6) is -0.486. The summed E-state index contributed by atoms with van der Waals surface area (Å²) in [4.78, 5) is 33.0. The average Bonchev–Trinajstić information content (AvgIpc) is 2.97. The number of fused-ring (bicyclic) bond motifs is 2. The Hall–Kier alpha value is -2.96. The van der Waals surface area contributed by atoms with Gasteiger partial charge in [0.1, 0.15) is 5.82 Å². The number of aromatic nitrogens is 1. The molecule has 1 aromatic heterocycles. The molecule has 3 atom stereocenters. The third kappa shape index (κ3) is 3.95. The lowest BCUT2D eigenvalue weighted by atomic mass is 9.97. The molecule has 3 amide bonds. The highest BCUT2D eigenvalue weighted by molar-refractivity contribution is 5.94. The second kappa shape index (κ2) is 7.81. The van der Waals surface area contributed by atoms with Crippen LogP contribution in [0, 0.1) is 5.82 Å². The van der Waals surface area contributed by atoms with Gasteiger partial charge in [0, 0.05) is 44.0 Å². The summed E-state index contributed by atoms with van der Waals surface area (Å²) in [7, 11) is 3.55. The van der Waals surface area contributed by atoms with Gasteiger partial charge in [-0.3, -0.25) is 9.78 Å². The minimum absolute atomic E-state index is 0.0501. The maximum absolute atomic E-state index is 13.4. The van der Waals surface area contributed by atoms with Crippen LogP contribution in [0.2, 0.25) is 0 Å². The molecule has 1 N–H and O–H groups in total. The summed E-state index contributed by atoms with van der Waals surface area (Å²) in [5.41, 5.74) is 1.77. The first-order chi connectivity index (χ1) is 13.9. The van der Waals surface area contributed by atoms with Crippen molar-refractivity contribution in [2.45, 2.75) is 43.8 Å². The van der Waals surface area contributed by atoms with E-state index < -0.39 is 0 Å². The molecule has 2 aliphatic rings. The van der Waals surface area contributed by atoms with Gasteiger partial charge in [-0.25, -0.2) is 9.18 Å². The molecule has 152 valence electrons. The van der Waals surface area contributed by atoms with Crippen LogP contribution in [0.5, 0.6) is 0 Å². The van der Waals surface area contributed by atoms with Crippen molar-refractivity contribution < 1.29 is 14.0 Å². The van der Waals surface area contributed by atoms with Crippen LogP contribution in [0.4, 0.5) is 9.18 Å². The molecule has 0 aliphatic carbocycles. The molecule has 2 aromatic rings. The Morgan fingerprint density at radius 2 is 1.86 bits per heavy atom. The van der Waals surface area contributed by atoms with Gasteiger partial charge in [0.15, 0.2) is 0 Å². The van der Waals surface area contributed by atoms with E-state index in [0.29, 0.717) is 16.8 Å². The number of hydrogen-bond donors (Lipinski definition) is 1. The van der Waals surface area contributed by atoms with Crippen LogP contribution in [-0.2, 0) is 0 Å². The highest BCUT2D eigenvalue weighted by Crippen LogP contribution is 2.36. The lowest BCUT2D eigenvalue weighted by Gasteiger charge is -2.40. The van der Waals surface area contributed by atoms with Crippen LogP contribution in [0.3, 0.4) is 0 Å². The first-order valence-corrected chi connectivity index (χ1v) is 9.95. The van der Waals surface area contributed by atoms with Gasteiger partial charge in [-0.2, -0.15) is 0 Å². The fourth-order valence-corrected chi connectivity index (χ4v) is 4.45. The number of amides is 3.